The SMILES string of the molecule is C=CCc1cc(Cl)ccc1NS(=O)(=O)c1cc(C(C)(C)C)c(OC)c(C(C)(C)C)c1. The van der Waals surface area contributed by atoms with Crippen LogP contribution in [0.2, 0.25) is 5.02 Å². The Bertz CT molecular complexity index is 1010. The molecule has 0 aliphatic heterocycles. The van der Waals surface area contributed by atoms with Crippen molar-refractivity contribution in [3.8, 4) is 5.75 Å². The molecule has 2 aromatic rings. The number of anilines is 1. The Morgan fingerprint density at radius 2 is 1.57 bits per heavy atom. The summed E-state index contributed by atoms with van der Waals surface area (Å²) in [6.45, 7) is 16.0. The Morgan fingerprint density at radius 1 is 1.03 bits per heavy atom. The number of allylic oxidation sites excluding steroid dienone is 1. The highest BCUT2D eigenvalue weighted by molar-refractivity contribution is 7.92. The molecule has 2 rings (SSSR count). The number of benzene rings is 2. The van der Waals surface area contributed by atoms with E-state index in [4.69, 9.17) is 16.3 Å². The van der Waals surface area contributed by atoms with Crippen LogP contribution in [0.15, 0.2) is 47.9 Å². The summed E-state index contributed by atoms with van der Waals surface area (Å²) in [7, 11) is -2.21. The molecule has 0 bridgehead atoms. The van der Waals surface area contributed by atoms with Crippen LogP contribution >= 0.6 is 11.6 Å². The first-order valence-corrected chi connectivity index (χ1v) is 11.7. The van der Waals surface area contributed by atoms with Gasteiger partial charge >= 0.3 is 0 Å². The van der Waals surface area contributed by atoms with Gasteiger partial charge in [0.2, 0.25) is 0 Å². The van der Waals surface area contributed by atoms with E-state index in [0.717, 1.165) is 22.4 Å². The van der Waals surface area contributed by atoms with E-state index < -0.39 is 10.0 Å². The second-order valence-electron chi connectivity index (χ2n) is 9.45. The predicted octanol–water partition coefficient (Wildman–Crippen LogP) is 6.47. The van der Waals surface area contributed by atoms with Crippen LogP contribution in [0.4, 0.5) is 5.69 Å². The maximum absolute atomic E-state index is 13.4. The number of halogens is 1. The van der Waals surface area contributed by atoms with E-state index in [1.54, 1.807) is 43.5 Å². The van der Waals surface area contributed by atoms with Crippen molar-refractivity contribution >= 4 is 27.3 Å². The minimum Gasteiger partial charge on any atom is -0.496 e. The maximum atomic E-state index is 13.4. The lowest BCUT2D eigenvalue weighted by Gasteiger charge is -2.30. The summed E-state index contributed by atoms with van der Waals surface area (Å²) in [6.07, 6.45) is 2.22. The van der Waals surface area contributed by atoms with Crippen LogP contribution in [0.1, 0.15) is 58.2 Å². The van der Waals surface area contributed by atoms with Gasteiger partial charge in [-0.05, 0) is 53.1 Å². The molecular weight excluding hydrogens is 418 g/mol. The number of rotatable bonds is 6. The zero-order valence-corrected chi connectivity index (χ0v) is 20.5. The molecule has 0 aliphatic carbocycles. The van der Waals surface area contributed by atoms with Gasteiger partial charge in [-0.3, -0.25) is 4.72 Å². The van der Waals surface area contributed by atoms with Gasteiger partial charge in [0.05, 0.1) is 17.7 Å². The quantitative estimate of drug-likeness (QED) is 0.514. The highest BCUT2D eigenvalue weighted by Crippen LogP contribution is 2.41. The third kappa shape index (κ3) is 5.38. The highest BCUT2D eigenvalue weighted by atomic mass is 35.5. The van der Waals surface area contributed by atoms with Crippen molar-refractivity contribution in [2.75, 3.05) is 11.8 Å². The lowest BCUT2D eigenvalue weighted by atomic mass is 9.79. The molecular formula is C24H32ClNO3S. The summed E-state index contributed by atoms with van der Waals surface area (Å²) < 4.78 is 35.3. The minimum atomic E-state index is -3.84. The molecule has 0 aromatic heterocycles. The Hall–Kier alpha value is -1.98. The fourth-order valence-electron chi connectivity index (χ4n) is 3.28. The number of nitrogens with one attached hydrogen (secondary N) is 1. The van der Waals surface area contributed by atoms with E-state index in [2.05, 4.69) is 11.3 Å². The molecule has 0 unspecified atom stereocenters. The summed E-state index contributed by atoms with van der Waals surface area (Å²) in [5.41, 5.74) is 2.35. The zero-order chi connectivity index (χ0) is 22.9. The largest absolute Gasteiger partial charge is 0.496 e. The van der Waals surface area contributed by atoms with Crippen LogP contribution in [0.5, 0.6) is 5.75 Å². The summed E-state index contributed by atoms with van der Waals surface area (Å²) in [4.78, 5) is 0.206. The van der Waals surface area contributed by atoms with Crippen LogP contribution in [-0.2, 0) is 27.3 Å². The fraction of sp³-hybridized carbons (Fsp3) is 0.417. The van der Waals surface area contributed by atoms with Crippen LogP contribution in [0.3, 0.4) is 0 Å². The number of hydrogen-bond donors (Lipinski definition) is 1. The molecule has 2 aromatic carbocycles. The normalized spacial score (nSPS) is 12.5. The summed E-state index contributed by atoms with van der Waals surface area (Å²) in [6, 6.07) is 8.51. The lowest BCUT2D eigenvalue weighted by molar-refractivity contribution is 0.380. The molecule has 0 saturated carbocycles. The van der Waals surface area contributed by atoms with Gasteiger partial charge in [-0.1, -0.05) is 59.2 Å². The Labute approximate surface area is 186 Å². The summed E-state index contributed by atoms with van der Waals surface area (Å²) in [5.74, 6) is 0.729. The smallest absolute Gasteiger partial charge is 0.261 e. The average molecular weight is 450 g/mol. The first-order valence-electron chi connectivity index (χ1n) is 9.86. The Morgan fingerprint density at radius 3 is 2.00 bits per heavy atom. The summed E-state index contributed by atoms with van der Waals surface area (Å²) in [5, 5.41) is 0.546. The molecule has 4 nitrogen and oxygen atoms in total. The van der Waals surface area contributed by atoms with Crippen LogP contribution < -0.4 is 9.46 Å². The standard InChI is InChI=1S/C24H32ClNO3S/c1-9-10-16-13-17(25)11-12-21(16)26-30(27,28)18-14-19(23(2,3)4)22(29-8)20(15-18)24(5,6)7/h9,11-15,26H,1,10H2,2-8H3. The van der Waals surface area contributed by atoms with Gasteiger partial charge in [0, 0.05) is 16.1 Å². The van der Waals surface area contributed by atoms with E-state index in [1.165, 1.54) is 0 Å². The highest BCUT2D eigenvalue weighted by Gasteiger charge is 2.30. The molecule has 0 amide bonds. The first kappa shape index (κ1) is 24.3. The van der Waals surface area contributed by atoms with E-state index >= 15 is 0 Å². The molecule has 0 spiro atoms. The molecule has 0 aliphatic rings. The molecule has 0 heterocycles. The Balaban J connectivity index is 2.69. The predicted molar refractivity (Wildman–Crippen MR) is 127 cm³/mol. The van der Waals surface area contributed by atoms with Crippen molar-refractivity contribution in [1.29, 1.82) is 0 Å². The van der Waals surface area contributed by atoms with E-state index in [0.29, 0.717) is 17.1 Å². The topological polar surface area (TPSA) is 55.4 Å². The fourth-order valence-corrected chi connectivity index (χ4v) is 4.63. The number of sulfonamides is 1. The molecule has 0 radical (unpaired) electrons. The van der Waals surface area contributed by atoms with E-state index in [9.17, 15) is 8.42 Å². The molecule has 164 valence electrons. The third-order valence-corrected chi connectivity index (χ3v) is 6.45. The van der Waals surface area contributed by atoms with Crippen molar-refractivity contribution in [3.63, 3.8) is 0 Å². The van der Waals surface area contributed by atoms with Crippen molar-refractivity contribution in [1.82, 2.24) is 0 Å². The zero-order valence-electron chi connectivity index (χ0n) is 18.9. The number of hydrogen-bond acceptors (Lipinski definition) is 3. The van der Waals surface area contributed by atoms with Crippen LogP contribution in [-0.4, -0.2) is 15.5 Å². The van der Waals surface area contributed by atoms with E-state index in [-0.39, 0.29) is 15.7 Å². The van der Waals surface area contributed by atoms with Crippen LogP contribution in [0.25, 0.3) is 0 Å². The second kappa shape index (κ2) is 8.64. The van der Waals surface area contributed by atoms with Gasteiger partial charge in [-0.25, -0.2) is 8.42 Å². The monoisotopic (exact) mass is 449 g/mol. The van der Waals surface area contributed by atoms with Gasteiger partial charge in [-0.15, -0.1) is 6.58 Å². The molecule has 6 heteroatoms. The van der Waals surface area contributed by atoms with Gasteiger partial charge in [0.15, 0.2) is 0 Å². The number of methoxy groups -OCH3 is 1. The summed E-state index contributed by atoms with van der Waals surface area (Å²) >= 11 is 6.09. The van der Waals surface area contributed by atoms with Gasteiger partial charge < -0.3 is 4.74 Å². The first-order chi connectivity index (χ1) is 13.7. The second-order valence-corrected chi connectivity index (χ2v) is 11.6. The molecule has 0 fully saturated rings. The van der Waals surface area contributed by atoms with Gasteiger partial charge in [0.1, 0.15) is 5.75 Å². The van der Waals surface area contributed by atoms with E-state index in [1.807, 2.05) is 41.5 Å². The molecule has 30 heavy (non-hydrogen) atoms. The van der Waals surface area contributed by atoms with Crippen LogP contribution in [0, 0.1) is 0 Å². The molecule has 0 atom stereocenters. The van der Waals surface area contributed by atoms with Gasteiger partial charge in [-0.2, -0.15) is 0 Å². The average Bonchev–Trinajstić information content (AvgIpc) is 2.61. The number of ether oxygens (including phenoxy) is 1. The van der Waals surface area contributed by atoms with Crippen molar-refractivity contribution < 1.29 is 13.2 Å². The minimum absolute atomic E-state index is 0.206. The van der Waals surface area contributed by atoms with Crippen molar-refractivity contribution in [2.24, 2.45) is 0 Å². The van der Waals surface area contributed by atoms with Crippen molar-refractivity contribution in [3.05, 3.63) is 64.7 Å². The lowest BCUT2D eigenvalue weighted by Crippen LogP contribution is -2.22. The maximum Gasteiger partial charge on any atom is 0.261 e. The van der Waals surface area contributed by atoms with Crippen molar-refractivity contribution in [2.45, 2.75) is 63.7 Å². The molecule has 1 N–H and O–H groups in total. The van der Waals surface area contributed by atoms with Gasteiger partial charge in [0.25, 0.3) is 10.0 Å². The Kier molecular flexibility index (Phi) is 6.99. The third-order valence-electron chi connectivity index (χ3n) is 4.87. The molecule has 0 saturated heterocycles.